The van der Waals surface area contributed by atoms with E-state index in [9.17, 15) is 9.90 Å². The summed E-state index contributed by atoms with van der Waals surface area (Å²) in [7, 11) is 0. The third kappa shape index (κ3) is 3.72. The molecule has 0 bridgehead atoms. The number of rotatable bonds is 2. The summed E-state index contributed by atoms with van der Waals surface area (Å²) >= 11 is 28.9. The molecule has 18 heavy (non-hydrogen) atoms. The number of phenolic OH excluding ortho intramolecular Hbond substituents is 1. The van der Waals surface area contributed by atoms with E-state index in [0.29, 0.717) is 0 Å². The second-order valence-electron chi connectivity index (χ2n) is 3.33. The van der Waals surface area contributed by atoms with Gasteiger partial charge in [0, 0.05) is 6.92 Å². The Morgan fingerprint density at radius 3 is 2.33 bits per heavy atom. The Morgan fingerprint density at radius 2 is 1.89 bits per heavy atom. The fraction of sp³-hybridized carbons (Fsp3) is 0.300. The number of alkyl halides is 3. The molecule has 0 saturated carbocycles. The molecule has 1 rings (SSSR count). The molecule has 3 nitrogen and oxygen atoms in total. The molecule has 8 heteroatoms. The van der Waals surface area contributed by atoms with E-state index in [1.165, 1.54) is 12.1 Å². The van der Waals surface area contributed by atoms with Crippen molar-refractivity contribution in [1.29, 1.82) is 0 Å². The van der Waals surface area contributed by atoms with E-state index in [2.05, 4.69) is 0 Å². The summed E-state index contributed by atoms with van der Waals surface area (Å²) in [6, 6.07) is 2.63. The Kier molecular flexibility index (Phi) is 5.27. The van der Waals surface area contributed by atoms with Crippen LogP contribution in [-0.4, -0.2) is 14.9 Å². The molecule has 0 saturated heterocycles. The van der Waals surface area contributed by atoms with E-state index in [1.54, 1.807) is 0 Å². The average molecular weight is 352 g/mol. The number of esters is 1. The first-order valence-electron chi connectivity index (χ1n) is 4.55. The van der Waals surface area contributed by atoms with E-state index in [-0.39, 0.29) is 21.4 Å². The zero-order valence-electron chi connectivity index (χ0n) is 8.89. The summed E-state index contributed by atoms with van der Waals surface area (Å²) in [6.07, 6.45) is -1.37. The average Bonchev–Trinajstić information content (AvgIpc) is 2.21. The van der Waals surface area contributed by atoms with Gasteiger partial charge in [0.05, 0.1) is 15.6 Å². The maximum Gasteiger partial charge on any atom is 0.303 e. The van der Waals surface area contributed by atoms with Gasteiger partial charge in [0.1, 0.15) is 5.75 Å². The predicted molar refractivity (Wildman–Crippen MR) is 72.9 cm³/mol. The van der Waals surface area contributed by atoms with Crippen molar-refractivity contribution in [3.63, 3.8) is 0 Å². The van der Waals surface area contributed by atoms with Gasteiger partial charge in [-0.1, -0.05) is 58.0 Å². The molecule has 0 radical (unpaired) electrons. The van der Waals surface area contributed by atoms with Gasteiger partial charge in [-0.2, -0.15) is 0 Å². The van der Waals surface area contributed by atoms with Gasteiger partial charge in [0.15, 0.2) is 6.10 Å². The highest BCUT2D eigenvalue weighted by atomic mass is 35.6. The van der Waals surface area contributed by atoms with Crippen LogP contribution < -0.4 is 0 Å². The number of aromatic hydroxyl groups is 1. The van der Waals surface area contributed by atoms with Gasteiger partial charge in [-0.05, 0) is 12.1 Å². The molecule has 0 aliphatic heterocycles. The Hall–Kier alpha value is -0.0600. The van der Waals surface area contributed by atoms with Gasteiger partial charge in [0.2, 0.25) is 3.79 Å². The lowest BCUT2D eigenvalue weighted by Crippen LogP contribution is -2.23. The number of carbonyl (C=O) groups is 1. The first kappa shape index (κ1) is 16.0. The molecule has 1 unspecified atom stereocenters. The van der Waals surface area contributed by atoms with Crippen LogP contribution in [0.3, 0.4) is 0 Å². The number of hydrogen-bond donors (Lipinski definition) is 1. The highest BCUT2D eigenvalue weighted by molar-refractivity contribution is 6.68. The second kappa shape index (κ2) is 5.93. The molecule has 1 N–H and O–H groups in total. The molecule has 100 valence electrons. The first-order valence-corrected chi connectivity index (χ1v) is 6.44. The van der Waals surface area contributed by atoms with Crippen LogP contribution in [0.4, 0.5) is 0 Å². The minimum absolute atomic E-state index is 0.0470. The third-order valence-corrected chi connectivity index (χ3v) is 3.37. The normalized spacial score (nSPS) is 13.2. The lowest BCUT2D eigenvalue weighted by atomic mass is 10.1. The largest absolute Gasteiger partial charge is 0.507 e. The van der Waals surface area contributed by atoms with Gasteiger partial charge in [0.25, 0.3) is 0 Å². The van der Waals surface area contributed by atoms with Gasteiger partial charge < -0.3 is 9.84 Å². The van der Waals surface area contributed by atoms with Crippen LogP contribution >= 0.6 is 58.0 Å². The number of hydrogen-bond acceptors (Lipinski definition) is 3. The van der Waals surface area contributed by atoms with Gasteiger partial charge in [-0.25, -0.2) is 0 Å². The van der Waals surface area contributed by atoms with Crippen LogP contribution in [0, 0.1) is 0 Å². The molecule has 0 aromatic heterocycles. The molecule has 0 heterocycles. The number of ether oxygens (including phenoxy) is 1. The lowest BCUT2D eigenvalue weighted by molar-refractivity contribution is -0.146. The highest BCUT2D eigenvalue weighted by Crippen LogP contribution is 2.48. The lowest BCUT2D eigenvalue weighted by Gasteiger charge is -2.25. The van der Waals surface area contributed by atoms with Crippen molar-refractivity contribution >= 4 is 64.0 Å². The molecule has 0 amide bonds. The van der Waals surface area contributed by atoms with Crippen molar-refractivity contribution in [1.82, 2.24) is 0 Å². The molecule has 1 atom stereocenters. The van der Waals surface area contributed by atoms with Crippen molar-refractivity contribution in [2.45, 2.75) is 16.8 Å². The Labute approximate surface area is 128 Å². The molecule has 0 aliphatic carbocycles. The molecule has 1 aromatic carbocycles. The van der Waals surface area contributed by atoms with Crippen molar-refractivity contribution in [3.8, 4) is 5.75 Å². The van der Waals surface area contributed by atoms with Crippen LogP contribution in [0.5, 0.6) is 5.75 Å². The topological polar surface area (TPSA) is 46.5 Å². The summed E-state index contributed by atoms with van der Waals surface area (Å²) < 4.78 is 2.88. The van der Waals surface area contributed by atoms with Crippen LogP contribution in [-0.2, 0) is 9.53 Å². The summed E-state index contributed by atoms with van der Waals surface area (Å²) in [5.41, 5.74) is -0.0561. The number of benzene rings is 1. The minimum Gasteiger partial charge on any atom is -0.507 e. The van der Waals surface area contributed by atoms with Crippen molar-refractivity contribution < 1.29 is 14.6 Å². The molecular formula is C10H7Cl5O3. The Bertz CT molecular complexity index is 469. The minimum atomic E-state index is -2.00. The SMILES string of the molecule is CC(=O)OC(c1c(O)ccc(Cl)c1Cl)C(Cl)(Cl)Cl. The van der Waals surface area contributed by atoms with E-state index in [0.717, 1.165) is 6.92 Å². The van der Waals surface area contributed by atoms with Crippen LogP contribution in [0.15, 0.2) is 12.1 Å². The number of carbonyl (C=O) groups excluding carboxylic acids is 1. The molecule has 0 aliphatic rings. The summed E-state index contributed by atoms with van der Waals surface area (Å²) in [4.78, 5) is 11.0. The first-order chi connectivity index (χ1) is 8.14. The molecule has 1 aromatic rings. The zero-order chi connectivity index (χ0) is 14.1. The van der Waals surface area contributed by atoms with E-state index in [4.69, 9.17) is 62.7 Å². The molecule has 0 spiro atoms. The Morgan fingerprint density at radius 1 is 1.33 bits per heavy atom. The van der Waals surface area contributed by atoms with E-state index >= 15 is 0 Å². The quantitative estimate of drug-likeness (QED) is 0.621. The van der Waals surface area contributed by atoms with Crippen molar-refractivity contribution in [2.75, 3.05) is 0 Å². The Balaban J connectivity index is 3.38. The van der Waals surface area contributed by atoms with Gasteiger partial charge >= 0.3 is 5.97 Å². The summed E-state index contributed by atoms with van der Waals surface area (Å²) in [6.45, 7) is 1.14. The fourth-order valence-corrected chi connectivity index (χ4v) is 2.15. The molecule has 0 fully saturated rings. The van der Waals surface area contributed by atoms with E-state index < -0.39 is 15.9 Å². The zero-order valence-corrected chi connectivity index (χ0v) is 12.7. The summed E-state index contributed by atoms with van der Waals surface area (Å²) in [5, 5.41) is 9.84. The standard InChI is InChI=1S/C10H7Cl5O3/c1-4(16)18-9(10(13,14)15)7-6(17)3-2-5(11)8(7)12/h2-3,9,17H,1H3. The highest BCUT2D eigenvalue weighted by Gasteiger charge is 2.40. The van der Waals surface area contributed by atoms with Crippen LogP contribution in [0.2, 0.25) is 10.0 Å². The number of phenols is 1. The van der Waals surface area contributed by atoms with Crippen LogP contribution in [0.25, 0.3) is 0 Å². The second-order valence-corrected chi connectivity index (χ2v) is 6.48. The number of halogens is 5. The predicted octanol–water partition coefficient (Wildman–Crippen LogP) is 4.67. The van der Waals surface area contributed by atoms with Gasteiger partial charge in [-0.3, -0.25) is 4.79 Å². The maximum atomic E-state index is 11.0. The monoisotopic (exact) mass is 350 g/mol. The van der Waals surface area contributed by atoms with E-state index in [1.807, 2.05) is 0 Å². The third-order valence-electron chi connectivity index (χ3n) is 1.95. The molecular weight excluding hydrogens is 345 g/mol. The smallest absolute Gasteiger partial charge is 0.303 e. The van der Waals surface area contributed by atoms with Gasteiger partial charge in [-0.15, -0.1) is 0 Å². The maximum absolute atomic E-state index is 11.0. The fourth-order valence-electron chi connectivity index (χ4n) is 1.26. The summed E-state index contributed by atoms with van der Waals surface area (Å²) in [5.74, 6) is -0.983. The van der Waals surface area contributed by atoms with Crippen molar-refractivity contribution in [3.05, 3.63) is 27.7 Å². The van der Waals surface area contributed by atoms with Crippen LogP contribution in [0.1, 0.15) is 18.6 Å². The van der Waals surface area contributed by atoms with Crippen molar-refractivity contribution in [2.24, 2.45) is 0 Å².